The summed E-state index contributed by atoms with van der Waals surface area (Å²) in [5.41, 5.74) is 8.78. The number of non-ortho nitro benzene ring substituents is 1. The number of nitrogens with one attached hydrogen (secondary N) is 2. The normalized spacial score (nSPS) is 14.1. The highest BCUT2D eigenvalue weighted by Gasteiger charge is 2.29. The van der Waals surface area contributed by atoms with E-state index in [9.17, 15) is 19.7 Å². The molecule has 10 heteroatoms. The summed E-state index contributed by atoms with van der Waals surface area (Å²) >= 11 is 6.10. The van der Waals surface area contributed by atoms with E-state index >= 15 is 0 Å². The molecule has 0 saturated heterocycles. The predicted octanol–water partition coefficient (Wildman–Crippen LogP) is 4.88. The van der Waals surface area contributed by atoms with Crippen molar-refractivity contribution in [3.8, 4) is 0 Å². The third-order valence-corrected chi connectivity index (χ3v) is 5.96. The van der Waals surface area contributed by atoms with Gasteiger partial charge in [0.1, 0.15) is 0 Å². The van der Waals surface area contributed by atoms with Crippen molar-refractivity contribution in [3.63, 3.8) is 0 Å². The van der Waals surface area contributed by atoms with E-state index in [1.165, 1.54) is 17.0 Å². The molecule has 4 rings (SSSR count). The molecule has 9 nitrogen and oxygen atoms in total. The lowest BCUT2D eigenvalue weighted by atomic mass is 9.99. The molecule has 0 bridgehead atoms. The van der Waals surface area contributed by atoms with Crippen molar-refractivity contribution in [2.24, 2.45) is 5.73 Å². The summed E-state index contributed by atoms with van der Waals surface area (Å²) in [6, 6.07) is 18.1. The number of halogens is 1. The molecule has 0 aromatic heterocycles. The van der Waals surface area contributed by atoms with E-state index in [0.29, 0.717) is 44.5 Å². The largest absolute Gasteiger partial charge is 0.354 e. The molecule has 0 saturated carbocycles. The molecule has 184 valence electrons. The Morgan fingerprint density at radius 3 is 2.31 bits per heavy atom. The van der Waals surface area contributed by atoms with Crippen LogP contribution >= 0.6 is 11.6 Å². The zero-order valence-electron chi connectivity index (χ0n) is 19.8. The molecule has 3 aromatic carbocycles. The molecule has 0 atom stereocenters. The van der Waals surface area contributed by atoms with Crippen molar-refractivity contribution in [2.45, 2.75) is 19.4 Å². The number of nitro groups is 1. The van der Waals surface area contributed by atoms with E-state index in [0.717, 1.165) is 0 Å². The first-order valence-electron chi connectivity index (χ1n) is 11.0. The highest BCUT2D eigenvalue weighted by atomic mass is 35.5. The van der Waals surface area contributed by atoms with Crippen LogP contribution in [0.5, 0.6) is 0 Å². The first-order valence-corrected chi connectivity index (χ1v) is 11.4. The topological polar surface area (TPSA) is 131 Å². The minimum absolute atomic E-state index is 0.0639. The highest BCUT2D eigenvalue weighted by molar-refractivity contribution is 6.38. The molecule has 3 aromatic rings. The van der Waals surface area contributed by atoms with Gasteiger partial charge < -0.3 is 21.3 Å². The standard InChI is InChI=1S/C26H24ClN5O4/c1-26(2,28)25(34)31(3)18-11-7-17(8-12-18)29-23(15-4-9-19(10-5-15)32(35)36)22-20-13-6-16(27)14-21(20)30-24(22)33/h4-14,29H,28H2,1-3H3,(H,30,33)/b23-22-. The van der Waals surface area contributed by atoms with Gasteiger partial charge in [-0.25, -0.2) is 0 Å². The smallest absolute Gasteiger partial charge is 0.269 e. The van der Waals surface area contributed by atoms with Crippen LogP contribution in [-0.2, 0) is 9.59 Å². The molecule has 1 heterocycles. The number of nitro benzene ring substituents is 1. The molecule has 2 amide bonds. The molecule has 0 radical (unpaired) electrons. The van der Waals surface area contributed by atoms with Gasteiger partial charge in [0, 0.05) is 41.1 Å². The van der Waals surface area contributed by atoms with Crippen LogP contribution in [0.1, 0.15) is 25.0 Å². The maximum atomic E-state index is 13.0. The summed E-state index contributed by atoms with van der Waals surface area (Å²) in [5.74, 6) is -0.574. The predicted molar refractivity (Wildman–Crippen MR) is 142 cm³/mol. The zero-order chi connectivity index (χ0) is 26.2. The average Bonchev–Trinajstić information content (AvgIpc) is 3.16. The van der Waals surface area contributed by atoms with E-state index in [-0.39, 0.29) is 17.5 Å². The fraction of sp³-hybridized carbons (Fsp3) is 0.154. The number of nitrogens with zero attached hydrogens (tertiary/aromatic N) is 2. The Labute approximate surface area is 212 Å². The Hall–Kier alpha value is -4.21. The molecule has 0 aliphatic carbocycles. The number of hydrogen-bond donors (Lipinski definition) is 3. The number of fused-ring (bicyclic) bond motifs is 1. The van der Waals surface area contributed by atoms with Crippen LogP contribution in [-0.4, -0.2) is 29.3 Å². The quantitative estimate of drug-likeness (QED) is 0.248. The van der Waals surface area contributed by atoms with E-state index in [2.05, 4.69) is 10.6 Å². The molecule has 0 unspecified atom stereocenters. The maximum Gasteiger partial charge on any atom is 0.269 e. The molecular formula is C26H24ClN5O4. The molecule has 0 fully saturated rings. The van der Waals surface area contributed by atoms with Crippen molar-refractivity contribution < 1.29 is 14.5 Å². The second kappa shape index (κ2) is 9.44. The van der Waals surface area contributed by atoms with E-state index in [4.69, 9.17) is 17.3 Å². The molecule has 0 spiro atoms. The van der Waals surface area contributed by atoms with Crippen LogP contribution in [0.25, 0.3) is 11.3 Å². The Balaban J connectivity index is 1.76. The molecule has 1 aliphatic heterocycles. The third-order valence-electron chi connectivity index (χ3n) is 5.72. The number of benzene rings is 3. The summed E-state index contributed by atoms with van der Waals surface area (Å²) in [5, 5.41) is 17.7. The Kier molecular flexibility index (Phi) is 6.53. The van der Waals surface area contributed by atoms with Crippen LogP contribution in [0, 0.1) is 10.1 Å². The highest BCUT2D eigenvalue weighted by Crippen LogP contribution is 2.39. The fourth-order valence-electron chi connectivity index (χ4n) is 3.88. The Morgan fingerprint density at radius 2 is 1.72 bits per heavy atom. The van der Waals surface area contributed by atoms with Crippen molar-refractivity contribution in [2.75, 3.05) is 22.6 Å². The molecule has 4 N–H and O–H groups in total. The summed E-state index contributed by atoms with van der Waals surface area (Å²) in [6.45, 7) is 3.28. The van der Waals surface area contributed by atoms with Crippen LogP contribution < -0.4 is 21.3 Å². The Bertz CT molecular complexity index is 1390. The lowest BCUT2D eigenvalue weighted by Gasteiger charge is -2.26. The summed E-state index contributed by atoms with van der Waals surface area (Å²) in [7, 11) is 1.65. The van der Waals surface area contributed by atoms with Crippen LogP contribution in [0.2, 0.25) is 5.02 Å². The van der Waals surface area contributed by atoms with Crippen molar-refractivity contribution in [1.29, 1.82) is 0 Å². The van der Waals surface area contributed by atoms with E-state index in [1.807, 2.05) is 0 Å². The summed E-state index contributed by atoms with van der Waals surface area (Å²) in [6.07, 6.45) is 0. The average molecular weight is 506 g/mol. The molecular weight excluding hydrogens is 482 g/mol. The minimum Gasteiger partial charge on any atom is -0.354 e. The van der Waals surface area contributed by atoms with Gasteiger partial charge in [-0.2, -0.15) is 0 Å². The summed E-state index contributed by atoms with van der Waals surface area (Å²) in [4.78, 5) is 37.7. The first-order chi connectivity index (χ1) is 17.0. The van der Waals surface area contributed by atoms with Crippen LogP contribution in [0.4, 0.5) is 22.7 Å². The van der Waals surface area contributed by atoms with Gasteiger partial charge in [0.05, 0.1) is 27.4 Å². The van der Waals surface area contributed by atoms with Gasteiger partial charge in [-0.1, -0.05) is 17.7 Å². The maximum absolute atomic E-state index is 13.0. The second-order valence-corrected chi connectivity index (χ2v) is 9.39. The molecule has 36 heavy (non-hydrogen) atoms. The van der Waals surface area contributed by atoms with Crippen LogP contribution in [0.3, 0.4) is 0 Å². The van der Waals surface area contributed by atoms with Gasteiger partial charge in [-0.05, 0) is 67.9 Å². The lowest BCUT2D eigenvalue weighted by molar-refractivity contribution is -0.384. The van der Waals surface area contributed by atoms with Gasteiger partial charge >= 0.3 is 0 Å². The number of anilines is 3. The first kappa shape index (κ1) is 24.9. The van der Waals surface area contributed by atoms with Crippen molar-refractivity contribution in [3.05, 3.63) is 93.0 Å². The van der Waals surface area contributed by atoms with Crippen LogP contribution in [0.15, 0.2) is 66.7 Å². The fourth-order valence-corrected chi connectivity index (χ4v) is 4.06. The van der Waals surface area contributed by atoms with Gasteiger partial charge in [0.2, 0.25) is 5.91 Å². The minimum atomic E-state index is -1.02. The van der Waals surface area contributed by atoms with Gasteiger partial charge in [0.15, 0.2) is 0 Å². The van der Waals surface area contributed by atoms with Gasteiger partial charge in [-0.15, -0.1) is 0 Å². The SMILES string of the molecule is CN(C(=O)C(C)(C)N)c1ccc(N/C(=C2\C(=O)Nc3cc(Cl)ccc32)c2ccc([N+](=O)[O-])cc2)cc1. The Morgan fingerprint density at radius 1 is 1.08 bits per heavy atom. The number of hydrogen-bond acceptors (Lipinski definition) is 6. The number of amides is 2. The number of rotatable bonds is 6. The lowest BCUT2D eigenvalue weighted by Crippen LogP contribution is -2.49. The number of carbonyl (C=O) groups is 2. The van der Waals surface area contributed by atoms with E-state index in [1.54, 1.807) is 75.5 Å². The third kappa shape index (κ3) is 4.93. The molecule has 1 aliphatic rings. The van der Waals surface area contributed by atoms with Gasteiger partial charge in [0.25, 0.3) is 11.6 Å². The second-order valence-electron chi connectivity index (χ2n) is 8.96. The number of carbonyl (C=O) groups excluding carboxylic acids is 2. The van der Waals surface area contributed by atoms with E-state index < -0.39 is 10.5 Å². The number of nitrogens with two attached hydrogens (primary N) is 1. The monoisotopic (exact) mass is 505 g/mol. The van der Waals surface area contributed by atoms with Gasteiger partial charge in [-0.3, -0.25) is 19.7 Å². The van der Waals surface area contributed by atoms with Crippen molar-refractivity contribution in [1.82, 2.24) is 0 Å². The van der Waals surface area contributed by atoms with Crippen molar-refractivity contribution >= 4 is 57.4 Å². The zero-order valence-corrected chi connectivity index (χ0v) is 20.6. The summed E-state index contributed by atoms with van der Waals surface area (Å²) < 4.78 is 0. The number of likely N-dealkylation sites (N-methyl/N-ethyl adjacent to an activating group) is 1.